The first-order chi connectivity index (χ1) is 9.22. The van der Waals surface area contributed by atoms with Crippen LogP contribution in [0.4, 0.5) is 11.4 Å². The molecule has 3 N–H and O–H groups in total. The van der Waals surface area contributed by atoms with E-state index in [0.29, 0.717) is 0 Å². The number of rotatable bonds is 6. The van der Waals surface area contributed by atoms with E-state index in [1.54, 1.807) is 0 Å². The van der Waals surface area contributed by atoms with Crippen LogP contribution in [-0.4, -0.2) is 23.0 Å². The number of nitrogens with zero attached hydrogens (tertiary/aromatic N) is 1. The van der Waals surface area contributed by atoms with Crippen molar-refractivity contribution in [3.8, 4) is 0 Å². The Morgan fingerprint density at radius 3 is 3.05 bits per heavy atom. The van der Waals surface area contributed by atoms with E-state index in [0.717, 1.165) is 45.9 Å². The van der Waals surface area contributed by atoms with Gasteiger partial charge in [0.05, 0.1) is 0 Å². The lowest BCUT2D eigenvalue weighted by Crippen LogP contribution is -2.05. The van der Waals surface area contributed by atoms with Crippen molar-refractivity contribution in [3.05, 3.63) is 42.7 Å². The second-order valence-corrected chi connectivity index (χ2v) is 5.51. The number of hydrogen-bond acceptors (Lipinski definition) is 4. The molecule has 0 aliphatic heterocycles. The molecule has 4 heteroatoms. The van der Waals surface area contributed by atoms with Gasteiger partial charge in [0, 0.05) is 52.1 Å². The summed E-state index contributed by atoms with van der Waals surface area (Å²) in [5.74, 6) is 2.05. The minimum atomic E-state index is 0.772. The molecule has 100 valence electrons. The number of anilines is 2. The van der Waals surface area contributed by atoms with E-state index < -0.39 is 0 Å². The summed E-state index contributed by atoms with van der Waals surface area (Å²) in [5, 5.41) is 5.61. The average Bonchev–Trinajstić information content (AvgIpc) is 2.41. The zero-order valence-electron chi connectivity index (χ0n) is 11.1. The van der Waals surface area contributed by atoms with E-state index >= 15 is 0 Å². The number of fused-ring (bicyclic) bond motifs is 1. The van der Waals surface area contributed by atoms with Crippen LogP contribution < -0.4 is 11.1 Å². The van der Waals surface area contributed by atoms with E-state index in [1.165, 1.54) is 0 Å². The number of nitrogens with one attached hydrogen (secondary N) is 1. The molecule has 0 fully saturated rings. The van der Waals surface area contributed by atoms with Crippen LogP contribution in [-0.2, 0) is 0 Å². The molecule has 0 amide bonds. The third kappa shape index (κ3) is 3.41. The van der Waals surface area contributed by atoms with Crippen LogP contribution in [0.1, 0.15) is 5.69 Å². The van der Waals surface area contributed by atoms with Crippen LogP contribution in [0.15, 0.2) is 37.1 Å². The van der Waals surface area contributed by atoms with E-state index in [1.807, 2.05) is 43.1 Å². The Balaban J connectivity index is 2.16. The molecule has 0 aliphatic carbocycles. The number of aromatic nitrogens is 1. The van der Waals surface area contributed by atoms with Gasteiger partial charge in [0.2, 0.25) is 0 Å². The molecular formula is C15H19N3S. The summed E-state index contributed by atoms with van der Waals surface area (Å²) in [6.45, 7) is 6.64. The maximum absolute atomic E-state index is 5.99. The van der Waals surface area contributed by atoms with Crippen LogP contribution in [0.2, 0.25) is 0 Å². The maximum Gasteiger partial charge on any atom is 0.0422 e. The number of aryl methyl sites for hydroxylation is 1. The van der Waals surface area contributed by atoms with Crippen LogP contribution >= 0.6 is 11.8 Å². The first-order valence-corrected chi connectivity index (χ1v) is 7.45. The topological polar surface area (TPSA) is 50.9 Å². The minimum absolute atomic E-state index is 0.772. The molecule has 0 spiro atoms. The highest BCUT2D eigenvalue weighted by Crippen LogP contribution is 2.28. The lowest BCUT2D eigenvalue weighted by atomic mass is 10.1. The van der Waals surface area contributed by atoms with Gasteiger partial charge in [-0.15, -0.1) is 6.58 Å². The molecule has 0 aliphatic rings. The summed E-state index contributed by atoms with van der Waals surface area (Å²) in [6, 6.07) is 6.04. The molecule has 1 heterocycles. The fraction of sp³-hybridized carbons (Fsp3) is 0.267. The molecular weight excluding hydrogens is 254 g/mol. The number of nitrogens with two attached hydrogens (primary N) is 1. The lowest BCUT2D eigenvalue weighted by molar-refractivity contribution is 1.21. The van der Waals surface area contributed by atoms with Gasteiger partial charge in [-0.1, -0.05) is 6.08 Å². The molecule has 0 saturated carbocycles. The van der Waals surface area contributed by atoms with Gasteiger partial charge in [-0.3, -0.25) is 4.98 Å². The third-order valence-corrected chi connectivity index (χ3v) is 3.83. The summed E-state index contributed by atoms with van der Waals surface area (Å²) in [4.78, 5) is 4.31. The Morgan fingerprint density at radius 2 is 2.26 bits per heavy atom. The molecule has 1 aromatic heterocycles. The van der Waals surface area contributed by atoms with Crippen molar-refractivity contribution in [2.45, 2.75) is 6.92 Å². The second-order valence-electron chi connectivity index (χ2n) is 4.36. The molecule has 0 bridgehead atoms. The number of thioether (sulfide) groups is 1. The first-order valence-electron chi connectivity index (χ1n) is 6.29. The van der Waals surface area contributed by atoms with E-state index in [-0.39, 0.29) is 0 Å². The highest BCUT2D eigenvalue weighted by atomic mass is 32.2. The van der Waals surface area contributed by atoms with Crippen molar-refractivity contribution >= 4 is 33.9 Å². The summed E-state index contributed by atoms with van der Waals surface area (Å²) in [6.07, 6.45) is 3.77. The first kappa shape index (κ1) is 13.7. The van der Waals surface area contributed by atoms with E-state index in [2.05, 4.69) is 22.9 Å². The SMILES string of the molecule is C=CCSCCNc1ccc(N)c2cnc(C)cc12. The zero-order chi connectivity index (χ0) is 13.7. The van der Waals surface area contributed by atoms with Crippen molar-refractivity contribution in [1.29, 1.82) is 0 Å². The van der Waals surface area contributed by atoms with Crippen LogP contribution in [0.5, 0.6) is 0 Å². The normalized spacial score (nSPS) is 10.6. The Bertz CT molecular complexity index is 581. The standard InChI is InChI=1S/C15H19N3S/c1-3-7-19-8-6-17-15-5-4-14(16)13-10-18-11(2)9-12(13)15/h3-5,9-10,17H,1,6-8,16H2,2H3. The number of hydrogen-bond donors (Lipinski definition) is 2. The predicted octanol–water partition coefficient (Wildman–Crippen LogP) is 3.46. The minimum Gasteiger partial charge on any atom is -0.398 e. The van der Waals surface area contributed by atoms with E-state index in [9.17, 15) is 0 Å². The Hall–Kier alpha value is -1.68. The van der Waals surface area contributed by atoms with Crippen LogP contribution in [0, 0.1) is 6.92 Å². The maximum atomic E-state index is 5.99. The van der Waals surface area contributed by atoms with Crippen LogP contribution in [0.25, 0.3) is 10.8 Å². The summed E-state index contributed by atoms with van der Waals surface area (Å²) in [5.41, 5.74) is 8.88. The van der Waals surface area contributed by atoms with Crippen molar-refractivity contribution in [3.63, 3.8) is 0 Å². The smallest absolute Gasteiger partial charge is 0.0422 e. The molecule has 0 atom stereocenters. The molecule has 0 radical (unpaired) electrons. The molecule has 0 unspecified atom stereocenters. The molecule has 19 heavy (non-hydrogen) atoms. The fourth-order valence-corrected chi connectivity index (χ4v) is 2.52. The van der Waals surface area contributed by atoms with E-state index in [4.69, 9.17) is 5.73 Å². The fourth-order valence-electron chi connectivity index (χ4n) is 1.94. The third-order valence-electron chi connectivity index (χ3n) is 2.87. The van der Waals surface area contributed by atoms with Gasteiger partial charge in [0.15, 0.2) is 0 Å². The quantitative estimate of drug-likeness (QED) is 0.481. The number of nitrogen functional groups attached to an aromatic ring is 1. The number of pyridine rings is 1. The predicted molar refractivity (Wildman–Crippen MR) is 86.9 cm³/mol. The van der Waals surface area contributed by atoms with Gasteiger partial charge in [-0.05, 0) is 25.1 Å². The van der Waals surface area contributed by atoms with Gasteiger partial charge in [0.25, 0.3) is 0 Å². The summed E-state index contributed by atoms with van der Waals surface area (Å²) >= 11 is 1.87. The second kappa shape index (κ2) is 6.48. The Kier molecular flexibility index (Phi) is 4.68. The van der Waals surface area contributed by atoms with Gasteiger partial charge in [0.1, 0.15) is 0 Å². The summed E-state index contributed by atoms with van der Waals surface area (Å²) in [7, 11) is 0. The monoisotopic (exact) mass is 273 g/mol. The molecule has 2 rings (SSSR count). The van der Waals surface area contributed by atoms with Crippen molar-refractivity contribution < 1.29 is 0 Å². The largest absolute Gasteiger partial charge is 0.398 e. The molecule has 3 nitrogen and oxygen atoms in total. The highest BCUT2D eigenvalue weighted by Gasteiger charge is 2.04. The number of benzene rings is 1. The van der Waals surface area contributed by atoms with Gasteiger partial charge in [-0.2, -0.15) is 11.8 Å². The molecule has 0 saturated heterocycles. The highest BCUT2D eigenvalue weighted by molar-refractivity contribution is 7.99. The van der Waals surface area contributed by atoms with Crippen LogP contribution in [0.3, 0.4) is 0 Å². The zero-order valence-corrected chi connectivity index (χ0v) is 12.0. The average molecular weight is 273 g/mol. The van der Waals surface area contributed by atoms with Gasteiger partial charge < -0.3 is 11.1 Å². The summed E-state index contributed by atoms with van der Waals surface area (Å²) < 4.78 is 0. The van der Waals surface area contributed by atoms with Crippen molar-refractivity contribution in [2.24, 2.45) is 0 Å². The molecule has 1 aromatic carbocycles. The lowest BCUT2D eigenvalue weighted by Gasteiger charge is -2.11. The Labute approximate surface area is 118 Å². The Morgan fingerprint density at radius 1 is 1.42 bits per heavy atom. The van der Waals surface area contributed by atoms with Crippen molar-refractivity contribution in [1.82, 2.24) is 4.98 Å². The van der Waals surface area contributed by atoms with Gasteiger partial charge in [-0.25, -0.2) is 0 Å². The van der Waals surface area contributed by atoms with Crippen molar-refractivity contribution in [2.75, 3.05) is 29.1 Å². The van der Waals surface area contributed by atoms with Gasteiger partial charge >= 0.3 is 0 Å². The molecule has 2 aromatic rings.